The Morgan fingerprint density at radius 2 is 2.00 bits per heavy atom. The van der Waals surface area contributed by atoms with Gasteiger partial charge in [0.25, 0.3) is 5.91 Å². The summed E-state index contributed by atoms with van der Waals surface area (Å²) in [6.45, 7) is -0.504. The van der Waals surface area contributed by atoms with Crippen LogP contribution in [0.15, 0.2) is 24.3 Å². The number of carbonyl (C=O) groups excluding carboxylic acids is 3. The zero-order valence-electron chi connectivity index (χ0n) is 11.3. The van der Waals surface area contributed by atoms with Gasteiger partial charge in [-0.15, -0.1) is 0 Å². The van der Waals surface area contributed by atoms with Crippen LogP contribution in [-0.2, 0) is 20.7 Å². The number of imide groups is 1. The molecule has 108 valence electrons. The lowest BCUT2D eigenvalue weighted by Crippen LogP contribution is -2.39. The van der Waals surface area contributed by atoms with Gasteiger partial charge in [-0.25, -0.2) is 4.79 Å². The predicted molar refractivity (Wildman–Crippen MR) is 70.3 cm³/mol. The van der Waals surface area contributed by atoms with E-state index in [9.17, 15) is 14.4 Å². The lowest BCUT2D eigenvalue weighted by molar-refractivity contribution is -0.147. The minimum Gasteiger partial charge on any atom is -0.497 e. The Balaban J connectivity index is 2.40. The first-order valence-corrected chi connectivity index (χ1v) is 5.85. The van der Waals surface area contributed by atoms with E-state index in [4.69, 9.17) is 9.47 Å². The maximum atomic E-state index is 11.5. The summed E-state index contributed by atoms with van der Waals surface area (Å²) < 4.78 is 9.78. The van der Waals surface area contributed by atoms with Gasteiger partial charge in [0.15, 0.2) is 6.61 Å². The molecule has 1 aromatic rings. The molecule has 1 aromatic carbocycles. The Morgan fingerprint density at radius 1 is 1.25 bits per heavy atom. The molecule has 0 aromatic heterocycles. The van der Waals surface area contributed by atoms with Crippen molar-refractivity contribution in [3.8, 4) is 5.75 Å². The van der Waals surface area contributed by atoms with Gasteiger partial charge in [0.2, 0.25) is 0 Å². The first kappa shape index (κ1) is 15.5. The Kier molecular flexibility index (Phi) is 6.02. The van der Waals surface area contributed by atoms with Gasteiger partial charge in [0.1, 0.15) is 5.75 Å². The van der Waals surface area contributed by atoms with Crippen molar-refractivity contribution in [3.63, 3.8) is 0 Å². The molecule has 0 radical (unpaired) electrons. The third-order valence-corrected chi connectivity index (χ3v) is 2.33. The fourth-order valence-corrected chi connectivity index (χ4v) is 1.37. The largest absolute Gasteiger partial charge is 0.497 e. The summed E-state index contributed by atoms with van der Waals surface area (Å²) in [5.41, 5.74) is 0.709. The number of rotatable bonds is 5. The molecule has 1 rings (SSSR count). The fourth-order valence-electron chi connectivity index (χ4n) is 1.37. The van der Waals surface area contributed by atoms with Crippen LogP contribution < -0.4 is 15.4 Å². The van der Waals surface area contributed by atoms with Crippen molar-refractivity contribution in [1.29, 1.82) is 0 Å². The lowest BCUT2D eigenvalue weighted by Gasteiger charge is -2.06. The third-order valence-electron chi connectivity index (χ3n) is 2.33. The van der Waals surface area contributed by atoms with E-state index in [0.717, 1.165) is 0 Å². The first-order chi connectivity index (χ1) is 9.55. The van der Waals surface area contributed by atoms with Crippen molar-refractivity contribution < 1.29 is 23.9 Å². The quantitative estimate of drug-likeness (QED) is 0.753. The Labute approximate surface area is 116 Å². The topological polar surface area (TPSA) is 93.7 Å². The number of hydrogen-bond acceptors (Lipinski definition) is 5. The van der Waals surface area contributed by atoms with Crippen molar-refractivity contribution in [3.05, 3.63) is 29.8 Å². The molecule has 0 spiro atoms. The molecule has 3 amide bonds. The number of urea groups is 1. The SMILES string of the molecule is CNC(=O)NC(=O)COC(=O)Cc1cccc(OC)c1. The summed E-state index contributed by atoms with van der Waals surface area (Å²) >= 11 is 0. The minimum absolute atomic E-state index is 0.0183. The predicted octanol–water partition coefficient (Wildman–Crippen LogP) is 0.237. The number of ether oxygens (including phenoxy) is 2. The molecule has 7 heteroatoms. The third kappa shape index (κ3) is 5.38. The van der Waals surface area contributed by atoms with Crippen molar-refractivity contribution in [1.82, 2.24) is 10.6 Å². The molecule has 0 unspecified atom stereocenters. The molecule has 7 nitrogen and oxygen atoms in total. The number of carbonyl (C=O) groups is 3. The average Bonchev–Trinajstić information content (AvgIpc) is 2.45. The highest BCUT2D eigenvalue weighted by molar-refractivity contribution is 5.95. The van der Waals surface area contributed by atoms with Crippen molar-refractivity contribution in [2.24, 2.45) is 0 Å². The van der Waals surface area contributed by atoms with Crippen molar-refractivity contribution >= 4 is 17.9 Å². The Morgan fingerprint density at radius 3 is 2.65 bits per heavy atom. The van der Waals surface area contributed by atoms with Crippen LogP contribution in [0.25, 0.3) is 0 Å². The van der Waals surface area contributed by atoms with E-state index < -0.39 is 24.5 Å². The monoisotopic (exact) mass is 280 g/mol. The fraction of sp³-hybridized carbons (Fsp3) is 0.308. The highest BCUT2D eigenvalue weighted by Crippen LogP contribution is 2.13. The van der Waals surface area contributed by atoms with Crippen LogP contribution in [0.1, 0.15) is 5.56 Å². The van der Waals surface area contributed by atoms with Gasteiger partial charge >= 0.3 is 12.0 Å². The number of amides is 3. The summed E-state index contributed by atoms with van der Waals surface area (Å²) in [4.78, 5) is 33.6. The van der Waals surface area contributed by atoms with E-state index in [1.54, 1.807) is 24.3 Å². The van der Waals surface area contributed by atoms with Crippen molar-refractivity contribution in [2.75, 3.05) is 20.8 Å². The maximum Gasteiger partial charge on any atom is 0.321 e. The van der Waals surface area contributed by atoms with Crippen LogP contribution in [0.3, 0.4) is 0 Å². The Bertz CT molecular complexity index is 501. The molecule has 20 heavy (non-hydrogen) atoms. The molecule has 0 saturated heterocycles. The van der Waals surface area contributed by atoms with E-state index in [-0.39, 0.29) is 6.42 Å². The number of methoxy groups -OCH3 is 1. The van der Waals surface area contributed by atoms with Gasteiger partial charge in [0, 0.05) is 7.05 Å². The van der Waals surface area contributed by atoms with Gasteiger partial charge in [-0.3, -0.25) is 14.9 Å². The number of esters is 1. The smallest absolute Gasteiger partial charge is 0.321 e. The van der Waals surface area contributed by atoms with Crippen LogP contribution in [0.4, 0.5) is 4.79 Å². The average molecular weight is 280 g/mol. The highest BCUT2D eigenvalue weighted by Gasteiger charge is 2.10. The second-order valence-electron chi connectivity index (χ2n) is 3.82. The normalized spacial score (nSPS) is 9.50. The Hall–Kier alpha value is -2.57. The zero-order chi connectivity index (χ0) is 15.0. The summed E-state index contributed by atoms with van der Waals surface area (Å²) in [5, 5.41) is 4.19. The van der Waals surface area contributed by atoms with E-state index >= 15 is 0 Å². The summed E-state index contributed by atoms with van der Waals surface area (Å²) in [6, 6.07) is 6.30. The lowest BCUT2D eigenvalue weighted by atomic mass is 10.1. The molecular weight excluding hydrogens is 264 g/mol. The van der Waals surface area contributed by atoms with Crippen LogP contribution in [-0.4, -0.2) is 38.7 Å². The molecule has 0 aliphatic carbocycles. The van der Waals surface area contributed by atoms with Gasteiger partial charge in [0.05, 0.1) is 13.5 Å². The molecule has 0 saturated carbocycles. The second-order valence-corrected chi connectivity index (χ2v) is 3.82. The van der Waals surface area contributed by atoms with Crippen LogP contribution >= 0.6 is 0 Å². The molecule has 0 fully saturated rings. The summed E-state index contributed by atoms with van der Waals surface area (Å²) in [7, 11) is 2.90. The molecule has 0 bridgehead atoms. The maximum absolute atomic E-state index is 11.5. The molecular formula is C13H16N2O5. The van der Waals surface area contributed by atoms with Crippen LogP contribution in [0.2, 0.25) is 0 Å². The van der Waals surface area contributed by atoms with E-state index in [2.05, 4.69) is 5.32 Å². The molecule has 2 N–H and O–H groups in total. The van der Waals surface area contributed by atoms with Gasteiger partial charge < -0.3 is 14.8 Å². The number of nitrogens with one attached hydrogen (secondary N) is 2. The van der Waals surface area contributed by atoms with E-state index in [0.29, 0.717) is 11.3 Å². The molecule has 0 heterocycles. The summed E-state index contributed by atoms with van der Waals surface area (Å²) in [5.74, 6) is -0.624. The second kappa shape index (κ2) is 7.78. The number of benzene rings is 1. The summed E-state index contributed by atoms with van der Waals surface area (Å²) in [6.07, 6.45) is 0.0183. The van der Waals surface area contributed by atoms with Crippen LogP contribution in [0, 0.1) is 0 Å². The first-order valence-electron chi connectivity index (χ1n) is 5.85. The van der Waals surface area contributed by atoms with E-state index in [1.165, 1.54) is 14.2 Å². The highest BCUT2D eigenvalue weighted by atomic mass is 16.5. The zero-order valence-corrected chi connectivity index (χ0v) is 11.3. The molecule has 0 atom stereocenters. The number of hydrogen-bond donors (Lipinski definition) is 2. The standard InChI is InChI=1S/C13H16N2O5/c1-14-13(18)15-11(16)8-20-12(17)7-9-4-3-5-10(6-9)19-2/h3-6H,7-8H2,1-2H3,(H2,14,15,16,18). The van der Waals surface area contributed by atoms with Crippen molar-refractivity contribution in [2.45, 2.75) is 6.42 Å². The van der Waals surface area contributed by atoms with E-state index in [1.807, 2.05) is 5.32 Å². The van der Waals surface area contributed by atoms with Gasteiger partial charge in [-0.05, 0) is 17.7 Å². The van der Waals surface area contributed by atoms with Crippen LogP contribution in [0.5, 0.6) is 5.75 Å². The van der Waals surface area contributed by atoms with Gasteiger partial charge in [-0.1, -0.05) is 12.1 Å². The molecule has 0 aliphatic heterocycles. The minimum atomic E-state index is -0.691. The van der Waals surface area contributed by atoms with Gasteiger partial charge in [-0.2, -0.15) is 0 Å². The molecule has 0 aliphatic rings.